The Bertz CT molecular complexity index is 312. The molecule has 0 radical (unpaired) electrons. The average molecular weight is 204 g/mol. The van der Waals surface area contributed by atoms with Gasteiger partial charge in [-0.2, -0.15) is 0 Å². The lowest BCUT2D eigenvalue weighted by molar-refractivity contribution is 0.141. The van der Waals surface area contributed by atoms with E-state index in [1.807, 2.05) is 0 Å². The van der Waals surface area contributed by atoms with Gasteiger partial charge in [-0.25, -0.2) is 0 Å². The highest BCUT2D eigenvalue weighted by atomic mass is 14.7. The van der Waals surface area contributed by atoms with E-state index >= 15 is 0 Å². The fourth-order valence-corrected chi connectivity index (χ4v) is 5.28. The average Bonchev–Trinajstić information content (AvgIpc) is 2.63. The summed E-state index contributed by atoms with van der Waals surface area (Å²) >= 11 is 0. The van der Waals surface area contributed by atoms with Crippen LogP contribution in [0.5, 0.6) is 0 Å². The number of rotatable bonds is 0. The van der Waals surface area contributed by atoms with Crippen LogP contribution in [-0.2, 0) is 0 Å². The SMILES string of the molecule is C=C1[C@H]2CC[C@H]3[C@H]2C(C)(C)CCC[C@@]13C. The van der Waals surface area contributed by atoms with Crippen molar-refractivity contribution in [2.45, 2.75) is 52.9 Å². The molecule has 0 amide bonds. The molecule has 0 aromatic carbocycles. The highest BCUT2D eigenvalue weighted by molar-refractivity contribution is 5.29. The normalized spacial score (nSPS) is 51.9. The van der Waals surface area contributed by atoms with Crippen LogP contribution in [0.3, 0.4) is 0 Å². The Morgan fingerprint density at radius 2 is 1.87 bits per heavy atom. The standard InChI is InChI=1S/C15H24/c1-10-11-6-7-12-13(11)14(2,3)8-5-9-15(10,12)4/h11-13H,1,5-9H2,2-4H3/t11-,12+,13+,15+/m1/s1. The molecule has 3 aliphatic carbocycles. The molecule has 0 saturated heterocycles. The zero-order valence-corrected chi connectivity index (χ0v) is 10.5. The van der Waals surface area contributed by atoms with Gasteiger partial charge in [0.25, 0.3) is 0 Å². The summed E-state index contributed by atoms with van der Waals surface area (Å²) in [6.45, 7) is 12.0. The molecule has 4 bridgehead atoms. The molecule has 3 rings (SSSR count). The van der Waals surface area contributed by atoms with E-state index in [1.54, 1.807) is 5.57 Å². The molecule has 0 N–H and O–H groups in total. The van der Waals surface area contributed by atoms with Crippen LogP contribution in [-0.4, -0.2) is 0 Å². The van der Waals surface area contributed by atoms with Gasteiger partial charge < -0.3 is 0 Å². The molecule has 0 spiro atoms. The first-order valence-electron chi connectivity index (χ1n) is 6.66. The van der Waals surface area contributed by atoms with Crippen molar-refractivity contribution < 1.29 is 0 Å². The molecule has 3 fully saturated rings. The van der Waals surface area contributed by atoms with Gasteiger partial charge in [-0.3, -0.25) is 0 Å². The van der Waals surface area contributed by atoms with Crippen molar-refractivity contribution >= 4 is 0 Å². The number of allylic oxidation sites excluding steroid dienone is 1. The summed E-state index contributed by atoms with van der Waals surface area (Å²) in [5, 5.41) is 0. The van der Waals surface area contributed by atoms with Crippen molar-refractivity contribution in [1.29, 1.82) is 0 Å². The predicted molar refractivity (Wildman–Crippen MR) is 64.6 cm³/mol. The van der Waals surface area contributed by atoms with Crippen molar-refractivity contribution in [2.75, 3.05) is 0 Å². The third-order valence-corrected chi connectivity index (χ3v) is 6.07. The molecule has 3 aliphatic rings. The van der Waals surface area contributed by atoms with Crippen molar-refractivity contribution in [2.24, 2.45) is 28.6 Å². The van der Waals surface area contributed by atoms with E-state index in [2.05, 4.69) is 27.4 Å². The van der Waals surface area contributed by atoms with Gasteiger partial charge in [0, 0.05) is 0 Å². The zero-order chi connectivity index (χ0) is 10.8. The Morgan fingerprint density at radius 3 is 2.60 bits per heavy atom. The molecule has 0 aliphatic heterocycles. The van der Waals surface area contributed by atoms with Crippen molar-refractivity contribution in [3.8, 4) is 0 Å². The third kappa shape index (κ3) is 1.04. The molecule has 0 aromatic rings. The first kappa shape index (κ1) is 9.93. The van der Waals surface area contributed by atoms with Crippen molar-refractivity contribution in [3.63, 3.8) is 0 Å². The fourth-order valence-electron chi connectivity index (χ4n) is 5.28. The fraction of sp³-hybridized carbons (Fsp3) is 0.867. The topological polar surface area (TPSA) is 0 Å². The Hall–Kier alpha value is -0.260. The second-order valence-electron chi connectivity index (χ2n) is 7.10. The van der Waals surface area contributed by atoms with Gasteiger partial charge in [0.1, 0.15) is 0 Å². The second kappa shape index (κ2) is 2.70. The highest BCUT2D eigenvalue weighted by Gasteiger charge is 2.61. The molecule has 0 aromatic heterocycles. The van der Waals surface area contributed by atoms with Crippen LogP contribution in [0.15, 0.2) is 12.2 Å². The molecular weight excluding hydrogens is 180 g/mol. The Balaban J connectivity index is 2.10. The van der Waals surface area contributed by atoms with Crippen LogP contribution >= 0.6 is 0 Å². The maximum atomic E-state index is 4.46. The summed E-state index contributed by atoms with van der Waals surface area (Å²) in [6.07, 6.45) is 7.18. The van der Waals surface area contributed by atoms with E-state index in [9.17, 15) is 0 Å². The van der Waals surface area contributed by atoms with E-state index in [0.29, 0.717) is 10.8 Å². The quantitative estimate of drug-likeness (QED) is 0.513. The molecule has 3 saturated carbocycles. The summed E-state index contributed by atoms with van der Waals surface area (Å²) in [4.78, 5) is 0. The largest absolute Gasteiger partial charge is 0.0990 e. The Morgan fingerprint density at radius 1 is 1.13 bits per heavy atom. The minimum absolute atomic E-state index is 0.515. The molecule has 0 heterocycles. The first-order chi connectivity index (χ1) is 6.97. The van der Waals surface area contributed by atoms with Crippen LogP contribution in [0, 0.1) is 28.6 Å². The van der Waals surface area contributed by atoms with Crippen molar-refractivity contribution in [1.82, 2.24) is 0 Å². The lowest BCUT2D eigenvalue weighted by Crippen LogP contribution is -2.28. The maximum Gasteiger partial charge on any atom is -0.00849 e. The molecule has 15 heavy (non-hydrogen) atoms. The van der Waals surface area contributed by atoms with E-state index in [1.165, 1.54) is 32.1 Å². The predicted octanol–water partition coefficient (Wildman–Crippen LogP) is 4.42. The summed E-state index contributed by atoms with van der Waals surface area (Å²) < 4.78 is 0. The Labute approximate surface area is 94.1 Å². The smallest absolute Gasteiger partial charge is 0.00849 e. The zero-order valence-electron chi connectivity index (χ0n) is 10.5. The number of hydrogen-bond acceptors (Lipinski definition) is 0. The lowest BCUT2D eigenvalue weighted by Gasteiger charge is -2.35. The molecule has 0 unspecified atom stereocenters. The lowest BCUT2D eigenvalue weighted by atomic mass is 9.69. The van der Waals surface area contributed by atoms with Crippen LogP contribution in [0.25, 0.3) is 0 Å². The third-order valence-electron chi connectivity index (χ3n) is 6.07. The van der Waals surface area contributed by atoms with Gasteiger partial charge in [-0.15, -0.1) is 0 Å². The van der Waals surface area contributed by atoms with Gasteiger partial charge in [0.2, 0.25) is 0 Å². The van der Waals surface area contributed by atoms with E-state index < -0.39 is 0 Å². The van der Waals surface area contributed by atoms with Crippen molar-refractivity contribution in [3.05, 3.63) is 12.2 Å². The van der Waals surface area contributed by atoms with Crippen LogP contribution in [0.4, 0.5) is 0 Å². The number of hydrogen-bond donors (Lipinski definition) is 0. The van der Waals surface area contributed by atoms with E-state index in [-0.39, 0.29) is 0 Å². The van der Waals surface area contributed by atoms with Gasteiger partial charge in [0.15, 0.2) is 0 Å². The van der Waals surface area contributed by atoms with Crippen LogP contribution in [0.2, 0.25) is 0 Å². The summed E-state index contributed by atoms with van der Waals surface area (Å²) in [7, 11) is 0. The van der Waals surface area contributed by atoms with Gasteiger partial charge in [-0.1, -0.05) is 39.3 Å². The van der Waals surface area contributed by atoms with Crippen LogP contribution < -0.4 is 0 Å². The molecule has 84 valence electrons. The van der Waals surface area contributed by atoms with Gasteiger partial charge in [-0.05, 0) is 54.3 Å². The monoisotopic (exact) mass is 204 g/mol. The second-order valence-corrected chi connectivity index (χ2v) is 7.10. The first-order valence-corrected chi connectivity index (χ1v) is 6.66. The minimum atomic E-state index is 0.515. The summed E-state index contributed by atoms with van der Waals surface area (Å²) in [5.41, 5.74) is 2.71. The molecule has 0 nitrogen and oxygen atoms in total. The minimum Gasteiger partial charge on any atom is -0.0990 e. The van der Waals surface area contributed by atoms with E-state index in [0.717, 1.165) is 17.8 Å². The molecule has 0 heteroatoms. The van der Waals surface area contributed by atoms with Gasteiger partial charge >= 0.3 is 0 Å². The molecule has 4 atom stereocenters. The Kier molecular flexibility index (Phi) is 1.79. The summed E-state index contributed by atoms with van der Waals surface area (Å²) in [6, 6.07) is 0. The van der Waals surface area contributed by atoms with Gasteiger partial charge in [0.05, 0.1) is 0 Å². The van der Waals surface area contributed by atoms with Crippen LogP contribution in [0.1, 0.15) is 52.9 Å². The van der Waals surface area contributed by atoms with E-state index in [4.69, 9.17) is 0 Å². The highest BCUT2D eigenvalue weighted by Crippen LogP contribution is 2.70. The maximum absolute atomic E-state index is 4.46. The summed E-state index contributed by atoms with van der Waals surface area (Å²) in [5.74, 6) is 2.79. The molecular formula is C15H24.